The minimum Gasteiger partial charge on any atom is -0.373 e. The molecular formula is C23H25FN4O. The summed E-state index contributed by atoms with van der Waals surface area (Å²) < 4.78 is 19.1. The average molecular weight is 392 g/mol. The molecule has 1 fully saturated rings. The first-order valence-corrected chi connectivity index (χ1v) is 10.1. The monoisotopic (exact) mass is 392 g/mol. The van der Waals surface area contributed by atoms with Crippen LogP contribution >= 0.6 is 0 Å². The van der Waals surface area contributed by atoms with Gasteiger partial charge in [-0.25, -0.2) is 14.4 Å². The van der Waals surface area contributed by atoms with Gasteiger partial charge in [0.15, 0.2) is 5.82 Å². The Morgan fingerprint density at radius 2 is 1.76 bits per heavy atom. The molecule has 1 aliphatic heterocycles. The predicted octanol–water partition coefficient (Wildman–Crippen LogP) is 4.43. The van der Waals surface area contributed by atoms with Gasteiger partial charge in [0.1, 0.15) is 11.6 Å². The van der Waals surface area contributed by atoms with E-state index in [2.05, 4.69) is 27.9 Å². The average Bonchev–Trinajstić information content (AvgIpc) is 2.79. The van der Waals surface area contributed by atoms with Crippen molar-refractivity contribution in [3.05, 3.63) is 71.9 Å². The van der Waals surface area contributed by atoms with Gasteiger partial charge in [-0.15, -0.1) is 0 Å². The first kappa shape index (κ1) is 19.5. The molecule has 0 spiro atoms. The maximum atomic E-state index is 13.0. The molecule has 0 bridgehead atoms. The molecule has 1 aromatic carbocycles. The van der Waals surface area contributed by atoms with Crippen molar-refractivity contribution in [2.24, 2.45) is 0 Å². The van der Waals surface area contributed by atoms with E-state index in [1.54, 1.807) is 24.5 Å². The summed E-state index contributed by atoms with van der Waals surface area (Å²) in [6, 6.07) is 12.5. The number of benzene rings is 1. The van der Waals surface area contributed by atoms with Gasteiger partial charge in [-0.05, 0) is 49.1 Å². The van der Waals surface area contributed by atoms with Crippen molar-refractivity contribution in [1.82, 2.24) is 15.0 Å². The highest BCUT2D eigenvalue weighted by atomic mass is 19.1. The Hall–Kier alpha value is -2.86. The number of aryl methyl sites for hydroxylation is 1. The van der Waals surface area contributed by atoms with Gasteiger partial charge < -0.3 is 9.64 Å². The number of hydrogen-bond donors (Lipinski definition) is 0. The van der Waals surface area contributed by atoms with Crippen molar-refractivity contribution < 1.29 is 9.13 Å². The number of aromatic nitrogens is 3. The molecule has 5 nitrogen and oxygen atoms in total. The molecule has 0 aliphatic carbocycles. The number of halogens is 1. The number of ether oxygens (including phenoxy) is 1. The normalized spacial score (nSPS) is 14.9. The van der Waals surface area contributed by atoms with E-state index >= 15 is 0 Å². The number of anilines is 1. The number of hydrogen-bond acceptors (Lipinski definition) is 5. The van der Waals surface area contributed by atoms with Crippen LogP contribution in [0.15, 0.2) is 54.9 Å². The van der Waals surface area contributed by atoms with Crippen LogP contribution in [0.1, 0.15) is 31.0 Å². The Morgan fingerprint density at radius 1 is 1.03 bits per heavy atom. The van der Waals surface area contributed by atoms with Gasteiger partial charge in [-0.3, -0.25) is 4.98 Å². The van der Waals surface area contributed by atoms with E-state index in [1.807, 2.05) is 12.1 Å². The molecular weight excluding hydrogens is 367 g/mol. The zero-order valence-electron chi connectivity index (χ0n) is 16.6. The molecule has 3 heterocycles. The second-order valence-corrected chi connectivity index (χ2v) is 7.25. The summed E-state index contributed by atoms with van der Waals surface area (Å²) >= 11 is 0. The Balaban J connectivity index is 1.39. The fourth-order valence-electron chi connectivity index (χ4n) is 3.50. The fraction of sp³-hybridized carbons (Fsp3) is 0.348. The molecule has 6 heteroatoms. The fourth-order valence-corrected chi connectivity index (χ4v) is 3.50. The highest BCUT2D eigenvalue weighted by molar-refractivity contribution is 5.57. The van der Waals surface area contributed by atoms with E-state index < -0.39 is 0 Å². The maximum absolute atomic E-state index is 13.0. The smallest absolute Gasteiger partial charge is 0.161 e. The molecule has 4 rings (SSSR count). The van der Waals surface area contributed by atoms with Crippen LogP contribution in [0, 0.1) is 5.82 Å². The van der Waals surface area contributed by atoms with Crippen LogP contribution in [0.3, 0.4) is 0 Å². The lowest BCUT2D eigenvalue weighted by molar-refractivity contribution is 0.0250. The summed E-state index contributed by atoms with van der Waals surface area (Å²) in [6.45, 7) is 4.41. The van der Waals surface area contributed by atoms with Crippen LogP contribution in [0.4, 0.5) is 10.2 Å². The molecule has 2 aromatic heterocycles. The van der Waals surface area contributed by atoms with Crippen molar-refractivity contribution in [3.8, 4) is 11.4 Å². The lowest BCUT2D eigenvalue weighted by Crippen LogP contribution is -2.37. The highest BCUT2D eigenvalue weighted by Gasteiger charge is 2.22. The van der Waals surface area contributed by atoms with Crippen molar-refractivity contribution in [2.45, 2.75) is 38.9 Å². The molecule has 150 valence electrons. The van der Waals surface area contributed by atoms with E-state index in [0.717, 1.165) is 60.8 Å². The number of piperidine rings is 1. The quantitative estimate of drug-likeness (QED) is 0.621. The lowest BCUT2D eigenvalue weighted by atomic mass is 10.1. The molecule has 0 atom stereocenters. The van der Waals surface area contributed by atoms with Crippen LogP contribution in [0.2, 0.25) is 0 Å². The molecule has 29 heavy (non-hydrogen) atoms. The molecule has 0 N–H and O–H groups in total. The maximum Gasteiger partial charge on any atom is 0.161 e. The van der Waals surface area contributed by atoms with E-state index in [-0.39, 0.29) is 11.9 Å². The summed E-state index contributed by atoms with van der Waals surface area (Å²) in [5.41, 5.74) is 3.02. The third-order valence-electron chi connectivity index (χ3n) is 5.23. The second-order valence-electron chi connectivity index (χ2n) is 7.25. The Bertz CT molecular complexity index is 925. The second kappa shape index (κ2) is 9.09. The Labute approximate surface area is 170 Å². The number of pyridine rings is 1. The highest BCUT2D eigenvalue weighted by Crippen LogP contribution is 2.24. The third kappa shape index (κ3) is 4.95. The van der Waals surface area contributed by atoms with Crippen LogP contribution in [0.5, 0.6) is 0 Å². The molecule has 0 radical (unpaired) electrons. The van der Waals surface area contributed by atoms with Crippen molar-refractivity contribution in [2.75, 3.05) is 18.0 Å². The first-order valence-electron chi connectivity index (χ1n) is 10.1. The first-order chi connectivity index (χ1) is 14.2. The molecule has 0 saturated carbocycles. The van der Waals surface area contributed by atoms with Gasteiger partial charge >= 0.3 is 0 Å². The largest absolute Gasteiger partial charge is 0.373 e. The lowest BCUT2D eigenvalue weighted by Gasteiger charge is -2.33. The summed E-state index contributed by atoms with van der Waals surface area (Å²) in [4.78, 5) is 15.9. The number of nitrogens with zero attached hydrogens (tertiary/aromatic N) is 4. The van der Waals surface area contributed by atoms with Crippen LogP contribution in [-0.4, -0.2) is 34.1 Å². The Morgan fingerprint density at radius 3 is 2.45 bits per heavy atom. The zero-order valence-corrected chi connectivity index (χ0v) is 16.6. The van der Waals surface area contributed by atoms with Gasteiger partial charge in [-0.1, -0.05) is 19.1 Å². The zero-order chi connectivity index (χ0) is 20.1. The molecule has 0 amide bonds. The summed E-state index contributed by atoms with van der Waals surface area (Å²) in [7, 11) is 0. The van der Waals surface area contributed by atoms with Crippen LogP contribution in [-0.2, 0) is 17.8 Å². The third-order valence-corrected chi connectivity index (χ3v) is 5.23. The molecule has 1 aliphatic rings. The van der Waals surface area contributed by atoms with Gasteiger partial charge in [0, 0.05) is 42.8 Å². The molecule has 0 unspecified atom stereocenters. The van der Waals surface area contributed by atoms with Crippen molar-refractivity contribution >= 4 is 5.82 Å². The Kier molecular flexibility index (Phi) is 6.10. The standard InChI is InChI=1S/C23H25FN4O/c1-2-20-15-22(27-23(26-20)18-7-11-25-12-8-18)28-13-9-21(10-14-28)29-16-17-3-5-19(24)6-4-17/h3-8,11-12,15,21H,2,9-10,13-14,16H2,1H3. The van der Waals surface area contributed by atoms with E-state index in [1.165, 1.54) is 12.1 Å². The van der Waals surface area contributed by atoms with E-state index in [9.17, 15) is 4.39 Å². The molecule has 3 aromatic rings. The van der Waals surface area contributed by atoms with Crippen LogP contribution in [0.25, 0.3) is 11.4 Å². The van der Waals surface area contributed by atoms with Crippen LogP contribution < -0.4 is 4.90 Å². The summed E-state index contributed by atoms with van der Waals surface area (Å²) in [5, 5.41) is 0. The van der Waals surface area contributed by atoms with Gasteiger partial charge in [0.25, 0.3) is 0 Å². The van der Waals surface area contributed by atoms with Crippen molar-refractivity contribution in [3.63, 3.8) is 0 Å². The SMILES string of the molecule is CCc1cc(N2CCC(OCc3ccc(F)cc3)CC2)nc(-c2ccncc2)n1. The van der Waals surface area contributed by atoms with Crippen molar-refractivity contribution in [1.29, 1.82) is 0 Å². The summed E-state index contributed by atoms with van der Waals surface area (Å²) in [6.07, 6.45) is 6.49. The van der Waals surface area contributed by atoms with Gasteiger partial charge in [0.05, 0.1) is 12.7 Å². The predicted molar refractivity (Wildman–Crippen MR) is 111 cm³/mol. The molecule has 1 saturated heterocycles. The number of rotatable bonds is 6. The van der Waals surface area contributed by atoms with Gasteiger partial charge in [0.2, 0.25) is 0 Å². The summed E-state index contributed by atoms with van der Waals surface area (Å²) in [5.74, 6) is 1.50. The van der Waals surface area contributed by atoms with E-state index in [4.69, 9.17) is 9.72 Å². The topological polar surface area (TPSA) is 51.1 Å². The van der Waals surface area contributed by atoms with E-state index in [0.29, 0.717) is 6.61 Å². The minimum atomic E-state index is -0.218. The minimum absolute atomic E-state index is 0.212. The van der Waals surface area contributed by atoms with Gasteiger partial charge in [-0.2, -0.15) is 0 Å².